The number of hydrogen-bond donors (Lipinski definition) is 2. The quantitative estimate of drug-likeness (QED) is 0.669. The number of nitrogens with zero attached hydrogens (tertiary/aromatic N) is 1. The number of hydrogen-bond acceptors (Lipinski definition) is 3. The molecule has 2 aromatic rings. The molecule has 1 aliphatic rings. The summed E-state index contributed by atoms with van der Waals surface area (Å²) in [5, 5.41) is 9.22. The van der Waals surface area contributed by atoms with Crippen LogP contribution in [0.2, 0.25) is 0 Å². The van der Waals surface area contributed by atoms with Crippen LogP contribution in [-0.4, -0.2) is 16.1 Å². The highest BCUT2D eigenvalue weighted by molar-refractivity contribution is 5.88. The van der Waals surface area contributed by atoms with Crippen LogP contribution in [0.15, 0.2) is 36.7 Å². The van der Waals surface area contributed by atoms with Crippen molar-refractivity contribution < 1.29 is 18.8 Å². The molecule has 24 heavy (non-hydrogen) atoms. The van der Waals surface area contributed by atoms with Gasteiger partial charge in [-0.3, -0.25) is 15.0 Å². The second-order valence-electron chi connectivity index (χ2n) is 6.31. The molecule has 0 spiro atoms. The zero-order chi connectivity index (χ0) is 17.3. The van der Waals surface area contributed by atoms with Gasteiger partial charge in [-0.2, -0.15) is 0 Å². The Morgan fingerprint density at radius 2 is 2.17 bits per heavy atom. The molecule has 0 bridgehead atoms. The Morgan fingerprint density at radius 3 is 2.88 bits per heavy atom. The Morgan fingerprint density at radius 1 is 1.38 bits per heavy atom. The fraction of sp³-hybridized carbons (Fsp3) is 0.333. The zero-order valence-corrected chi connectivity index (χ0v) is 13.2. The average molecular weight is 332 g/mol. The molecule has 3 rings (SSSR count). The highest BCUT2D eigenvalue weighted by Crippen LogP contribution is 2.49. The fourth-order valence-corrected chi connectivity index (χ4v) is 3.79. The molecular formula is C18H18F2N2O2. The molecule has 0 radical (unpaired) electrons. The van der Waals surface area contributed by atoms with Crippen molar-refractivity contribution in [3.8, 4) is 0 Å². The Kier molecular flexibility index (Phi) is 4.32. The standard InChI is InChI=1S/C18H18F2N2O2/c1-11-15(3-2-4-16(11)20)18(17(23)22-24)6-5-12(8-18)13-7-14(19)10-21-9-13/h2-4,7,9-10,12,24H,5-6,8H2,1H3,(H,22,23)/t12-,18?/m0/s1. The van der Waals surface area contributed by atoms with Crippen molar-refractivity contribution in [2.24, 2.45) is 0 Å². The van der Waals surface area contributed by atoms with Crippen LogP contribution in [-0.2, 0) is 10.2 Å². The molecule has 1 fully saturated rings. The van der Waals surface area contributed by atoms with Gasteiger partial charge in [-0.25, -0.2) is 14.3 Å². The van der Waals surface area contributed by atoms with Gasteiger partial charge in [0.25, 0.3) is 5.91 Å². The first-order valence-corrected chi connectivity index (χ1v) is 7.78. The van der Waals surface area contributed by atoms with E-state index in [1.54, 1.807) is 30.7 Å². The third kappa shape index (κ3) is 2.67. The minimum absolute atomic E-state index is 0.0897. The van der Waals surface area contributed by atoms with E-state index >= 15 is 0 Å². The first kappa shape index (κ1) is 16.5. The number of amides is 1. The van der Waals surface area contributed by atoms with Crippen molar-refractivity contribution in [1.82, 2.24) is 10.5 Å². The molecular weight excluding hydrogens is 314 g/mol. The summed E-state index contributed by atoms with van der Waals surface area (Å²) in [6.07, 6.45) is 4.12. The second-order valence-corrected chi connectivity index (χ2v) is 6.31. The lowest BCUT2D eigenvalue weighted by Crippen LogP contribution is -2.42. The van der Waals surface area contributed by atoms with Crippen LogP contribution < -0.4 is 5.48 Å². The van der Waals surface area contributed by atoms with E-state index in [1.165, 1.54) is 12.1 Å². The molecule has 1 saturated carbocycles. The minimum atomic E-state index is -1.04. The van der Waals surface area contributed by atoms with E-state index < -0.39 is 23.0 Å². The molecule has 1 amide bonds. The van der Waals surface area contributed by atoms with Gasteiger partial charge < -0.3 is 0 Å². The van der Waals surface area contributed by atoms with Crippen LogP contribution in [0.5, 0.6) is 0 Å². The lowest BCUT2D eigenvalue weighted by Gasteiger charge is -2.29. The SMILES string of the molecule is Cc1c(F)cccc1C1(C(=O)NO)CC[C@H](c2cncc(F)c2)C1. The number of pyridine rings is 1. The van der Waals surface area contributed by atoms with Crippen LogP contribution in [0.4, 0.5) is 8.78 Å². The number of benzene rings is 1. The van der Waals surface area contributed by atoms with E-state index in [0.717, 1.165) is 6.20 Å². The van der Waals surface area contributed by atoms with E-state index in [9.17, 15) is 18.8 Å². The van der Waals surface area contributed by atoms with Gasteiger partial charge in [0, 0.05) is 6.20 Å². The summed E-state index contributed by atoms with van der Waals surface area (Å²) in [6, 6.07) is 6.01. The van der Waals surface area contributed by atoms with Gasteiger partial charge in [-0.15, -0.1) is 0 Å². The van der Waals surface area contributed by atoms with Gasteiger partial charge in [-0.1, -0.05) is 12.1 Å². The number of nitrogens with one attached hydrogen (secondary N) is 1. The minimum Gasteiger partial charge on any atom is -0.289 e. The number of carbonyl (C=O) groups is 1. The molecule has 1 unspecified atom stereocenters. The summed E-state index contributed by atoms with van der Waals surface area (Å²) >= 11 is 0. The molecule has 126 valence electrons. The summed E-state index contributed by atoms with van der Waals surface area (Å²) in [5.74, 6) is -1.48. The molecule has 6 heteroatoms. The van der Waals surface area contributed by atoms with E-state index in [-0.39, 0.29) is 5.92 Å². The third-order valence-corrected chi connectivity index (χ3v) is 5.03. The van der Waals surface area contributed by atoms with E-state index in [0.29, 0.717) is 36.0 Å². The smallest absolute Gasteiger partial charge is 0.254 e. The summed E-state index contributed by atoms with van der Waals surface area (Å²) in [7, 11) is 0. The Balaban J connectivity index is 2.03. The largest absolute Gasteiger partial charge is 0.289 e. The molecule has 4 nitrogen and oxygen atoms in total. The maximum absolute atomic E-state index is 14.0. The summed E-state index contributed by atoms with van der Waals surface area (Å²) in [6.45, 7) is 1.62. The van der Waals surface area contributed by atoms with Gasteiger partial charge in [0.1, 0.15) is 11.6 Å². The van der Waals surface area contributed by atoms with Crippen LogP contribution in [0.25, 0.3) is 0 Å². The number of carbonyl (C=O) groups excluding carboxylic acids is 1. The molecule has 1 aromatic carbocycles. The summed E-state index contributed by atoms with van der Waals surface area (Å²) in [4.78, 5) is 16.3. The molecule has 1 aromatic heterocycles. The molecule has 1 aliphatic carbocycles. The lowest BCUT2D eigenvalue weighted by atomic mass is 9.75. The van der Waals surface area contributed by atoms with Crippen molar-refractivity contribution in [1.29, 1.82) is 0 Å². The van der Waals surface area contributed by atoms with Crippen LogP contribution >= 0.6 is 0 Å². The number of rotatable bonds is 3. The molecule has 2 atom stereocenters. The van der Waals surface area contributed by atoms with Crippen LogP contribution in [0.1, 0.15) is 41.9 Å². The second kappa shape index (κ2) is 6.28. The molecule has 0 aliphatic heterocycles. The van der Waals surface area contributed by atoms with Crippen LogP contribution in [0.3, 0.4) is 0 Å². The molecule has 0 saturated heterocycles. The van der Waals surface area contributed by atoms with Crippen molar-refractivity contribution >= 4 is 5.91 Å². The first-order valence-electron chi connectivity index (χ1n) is 7.78. The van der Waals surface area contributed by atoms with Crippen molar-refractivity contribution in [2.45, 2.75) is 37.5 Å². The lowest BCUT2D eigenvalue weighted by molar-refractivity contribution is -0.135. The average Bonchev–Trinajstić information content (AvgIpc) is 3.03. The number of halogens is 2. The van der Waals surface area contributed by atoms with E-state index in [4.69, 9.17) is 0 Å². The number of aromatic nitrogens is 1. The third-order valence-electron chi connectivity index (χ3n) is 5.03. The van der Waals surface area contributed by atoms with Gasteiger partial charge >= 0.3 is 0 Å². The Labute approximate surface area is 138 Å². The van der Waals surface area contributed by atoms with Gasteiger partial charge in [0.15, 0.2) is 0 Å². The van der Waals surface area contributed by atoms with Gasteiger partial charge in [-0.05, 0) is 60.9 Å². The molecule has 1 heterocycles. The van der Waals surface area contributed by atoms with Crippen molar-refractivity contribution in [2.75, 3.05) is 0 Å². The van der Waals surface area contributed by atoms with E-state index in [2.05, 4.69) is 4.98 Å². The maximum Gasteiger partial charge on any atom is 0.254 e. The highest BCUT2D eigenvalue weighted by Gasteiger charge is 2.48. The van der Waals surface area contributed by atoms with Gasteiger partial charge in [0.2, 0.25) is 0 Å². The predicted octanol–water partition coefficient (Wildman–Crippen LogP) is 3.38. The molecule has 2 N–H and O–H groups in total. The van der Waals surface area contributed by atoms with E-state index in [1.807, 2.05) is 0 Å². The maximum atomic E-state index is 14.0. The Bertz CT molecular complexity index is 781. The zero-order valence-electron chi connectivity index (χ0n) is 13.2. The van der Waals surface area contributed by atoms with Crippen molar-refractivity contribution in [3.63, 3.8) is 0 Å². The van der Waals surface area contributed by atoms with Crippen molar-refractivity contribution in [3.05, 3.63) is 65.0 Å². The highest BCUT2D eigenvalue weighted by atomic mass is 19.1. The normalized spacial score (nSPS) is 23.2. The predicted molar refractivity (Wildman–Crippen MR) is 83.5 cm³/mol. The monoisotopic (exact) mass is 332 g/mol. The topological polar surface area (TPSA) is 62.2 Å². The summed E-state index contributed by atoms with van der Waals surface area (Å²) < 4.78 is 27.4. The van der Waals surface area contributed by atoms with Crippen LogP contribution in [0, 0.1) is 18.6 Å². The fourth-order valence-electron chi connectivity index (χ4n) is 3.79. The first-order chi connectivity index (χ1) is 11.5. The number of hydroxylamine groups is 1. The summed E-state index contributed by atoms with van der Waals surface area (Å²) in [5.41, 5.74) is 2.33. The Hall–Kier alpha value is -2.34. The van der Waals surface area contributed by atoms with Gasteiger partial charge in [0.05, 0.1) is 11.6 Å².